The maximum atomic E-state index is 13.0. The number of hydrogen-bond acceptors (Lipinski definition) is 3. The first-order chi connectivity index (χ1) is 11.5. The van der Waals surface area contributed by atoms with Gasteiger partial charge >= 0.3 is 0 Å². The predicted molar refractivity (Wildman–Crippen MR) is 95.3 cm³/mol. The summed E-state index contributed by atoms with van der Waals surface area (Å²) in [7, 11) is 0. The van der Waals surface area contributed by atoms with E-state index in [9.17, 15) is 9.59 Å². The molecule has 0 saturated carbocycles. The van der Waals surface area contributed by atoms with E-state index < -0.39 is 0 Å². The van der Waals surface area contributed by atoms with Crippen LogP contribution in [0.3, 0.4) is 0 Å². The Morgan fingerprint density at radius 3 is 2.29 bits per heavy atom. The first-order valence-electron chi connectivity index (χ1n) is 8.97. The van der Waals surface area contributed by atoms with Crippen molar-refractivity contribution in [3.8, 4) is 0 Å². The zero-order valence-corrected chi connectivity index (χ0v) is 14.9. The van der Waals surface area contributed by atoms with Crippen LogP contribution in [0.5, 0.6) is 0 Å². The highest BCUT2D eigenvalue weighted by molar-refractivity contribution is 6.35. The van der Waals surface area contributed by atoms with Crippen molar-refractivity contribution in [2.45, 2.75) is 46.5 Å². The van der Waals surface area contributed by atoms with Crippen LogP contribution in [0.1, 0.15) is 49.3 Å². The Kier molecular flexibility index (Phi) is 4.74. The van der Waals surface area contributed by atoms with Crippen molar-refractivity contribution in [3.05, 3.63) is 40.6 Å². The van der Waals surface area contributed by atoms with E-state index >= 15 is 0 Å². The van der Waals surface area contributed by atoms with Crippen molar-refractivity contribution in [1.29, 1.82) is 0 Å². The number of imide groups is 1. The second-order valence-corrected chi connectivity index (χ2v) is 6.83. The fraction of sp³-hybridized carbons (Fsp3) is 0.500. The number of carbonyl (C=O) groups is 2. The van der Waals surface area contributed by atoms with Crippen molar-refractivity contribution in [2.24, 2.45) is 0 Å². The maximum Gasteiger partial charge on any atom is 0.277 e. The average Bonchev–Trinajstić information content (AvgIpc) is 2.83. The molecule has 0 unspecified atom stereocenters. The molecule has 1 fully saturated rings. The lowest BCUT2D eigenvalue weighted by molar-refractivity contribution is -0.137. The summed E-state index contributed by atoms with van der Waals surface area (Å²) in [6.07, 6.45) is 4.15. The summed E-state index contributed by atoms with van der Waals surface area (Å²) in [5, 5.41) is 0. The van der Waals surface area contributed by atoms with Crippen LogP contribution in [0.25, 0.3) is 5.57 Å². The van der Waals surface area contributed by atoms with E-state index in [1.165, 1.54) is 16.9 Å². The molecule has 24 heavy (non-hydrogen) atoms. The molecule has 1 aromatic rings. The Bertz CT molecular complexity index is 700. The van der Waals surface area contributed by atoms with Crippen LogP contribution in [-0.4, -0.2) is 41.2 Å². The molecule has 1 aromatic carbocycles. The summed E-state index contributed by atoms with van der Waals surface area (Å²) in [5.41, 5.74) is 4.43. The topological polar surface area (TPSA) is 40.6 Å². The van der Waals surface area contributed by atoms with E-state index in [0.29, 0.717) is 17.8 Å². The van der Waals surface area contributed by atoms with Gasteiger partial charge < -0.3 is 4.90 Å². The van der Waals surface area contributed by atoms with Crippen LogP contribution >= 0.6 is 0 Å². The minimum absolute atomic E-state index is 0.114. The number of aryl methyl sites for hydroxylation is 2. The van der Waals surface area contributed by atoms with Crippen molar-refractivity contribution in [2.75, 3.05) is 19.6 Å². The lowest BCUT2D eigenvalue weighted by Crippen LogP contribution is -2.37. The SMILES string of the molecule is CCCN1C(=O)C(c2ccc(C)c(C)c2)=C(N2CCCCC2)C1=O. The second-order valence-electron chi connectivity index (χ2n) is 6.83. The highest BCUT2D eigenvalue weighted by Gasteiger charge is 2.41. The monoisotopic (exact) mass is 326 g/mol. The lowest BCUT2D eigenvalue weighted by Gasteiger charge is -2.29. The molecule has 2 amide bonds. The molecule has 2 aliphatic heterocycles. The molecule has 4 nitrogen and oxygen atoms in total. The largest absolute Gasteiger partial charge is 0.366 e. The van der Waals surface area contributed by atoms with E-state index in [-0.39, 0.29) is 11.8 Å². The molecule has 0 aromatic heterocycles. The smallest absolute Gasteiger partial charge is 0.277 e. The van der Waals surface area contributed by atoms with Gasteiger partial charge in [0.2, 0.25) is 0 Å². The Balaban J connectivity index is 2.09. The van der Waals surface area contributed by atoms with E-state index in [2.05, 4.69) is 11.8 Å². The number of piperidine rings is 1. The summed E-state index contributed by atoms with van der Waals surface area (Å²) in [6, 6.07) is 6.04. The summed E-state index contributed by atoms with van der Waals surface area (Å²) in [4.78, 5) is 29.5. The molecule has 3 rings (SSSR count). The number of hydrogen-bond donors (Lipinski definition) is 0. The molecule has 0 aliphatic carbocycles. The molecular weight excluding hydrogens is 300 g/mol. The third kappa shape index (κ3) is 2.85. The normalized spacial score (nSPS) is 18.8. The molecule has 0 N–H and O–H groups in total. The van der Waals surface area contributed by atoms with E-state index in [0.717, 1.165) is 43.5 Å². The lowest BCUT2D eigenvalue weighted by atomic mass is 9.98. The third-order valence-corrected chi connectivity index (χ3v) is 5.06. The summed E-state index contributed by atoms with van der Waals surface area (Å²) in [6.45, 7) is 8.32. The molecule has 2 heterocycles. The molecule has 1 saturated heterocycles. The summed E-state index contributed by atoms with van der Waals surface area (Å²) < 4.78 is 0. The van der Waals surface area contributed by atoms with Crippen molar-refractivity contribution < 1.29 is 9.59 Å². The molecule has 0 spiro atoms. The fourth-order valence-electron chi connectivity index (χ4n) is 3.56. The Morgan fingerprint density at radius 1 is 0.958 bits per heavy atom. The van der Waals surface area contributed by atoms with E-state index in [4.69, 9.17) is 0 Å². The summed E-state index contributed by atoms with van der Waals surface area (Å²) >= 11 is 0. The zero-order valence-electron chi connectivity index (χ0n) is 14.9. The molecule has 2 aliphatic rings. The third-order valence-electron chi connectivity index (χ3n) is 5.06. The molecule has 0 bridgehead atoms. The number of likely N-dealkylation sites (tertiary alicyclic amines) is 1. The van der Waals surface area contributed by atoms with Crippen LogP contribution in [0.15, 0.2) is 23.9 Å². The van der Waals surface area contributed by atoms with Crippen LogP contribution < -0.4 is 0 Å². The zero-order chi connectivity index (χ0) is 17.3. The van der Waals surface area contributed by atoms with E-state index in [1.807, 2.05) is 32.0 Å². The highest BCUT2D eigenvalue weighted by Crippen LogP contribution is 2.33. The number of rotatable bonds is 4. The van der Waals surface area contributed by atoms with Gasteiger partial charge in [0.05, 0.1) is 5.57 Å². The van der Waals surface area contributed by atoms with Gasteiger partial charge in [-0.2, -0.15) is 0 Å². The van der Waals surface area contributed by atoms with Gasteiger partial charge in [-0.15, -0.1) is 0 Å². The highest BCUT2D eigenvalue weighted by atomic mass is 16.2. The van der Waals surface area contributed by atoms with Gasteiger partial charge in [-0.1, -0.05) is 25.1 Å². The van der Waals surface area contributed by atoms with Crippen molar-refractivity contribution in [3.63, 3.8) is 0 Å². The Hall–Kier alpha value is -2.10. The minimum atomic E-state index is -0.134. The first kappa shape index (κ1) is 16.7. The van der Waals surface area contributed by atoms with Gasteiger partial charge in [0.1, 0.15) is 5.70 Å². The van der Waals surface area contributed by atoms with Gasteiger partial charge in [-0.25, -0.2) is 0 Å². The van der Waals surface area contributed by atoms with Crippen molar-refractivity contribution in [1.82, 2.24) is 9.80 Å². The van der Waals surface area contributed by atoms with Gasteiger partial charge in [0.15, 0.2) is 0 Å². The molecule has 0 atom stereocenters. The number of benzene rings is 1. The molecular formula is C20H26N2O2. The predicted octanol–water partition coefficient (Wildman–Crippen LogP) is 3.28. The standard InChI is InChI=1S/C20H26N2O2/c1-4-10-22-19(23)17(16-9-8-14(2)15(3)13-16)18(20(22)24)21-11-6-5-7-12-21/h8-9,13H,4-7,10-12H2,1-3H3. The molecule has 0 radical (unpaired) electrons. The Labute approximate surface area is 144 Å². The van der Waals surface area contributed by atoms with Crippen molar-refractivity contribution >= 4 is 17.4 Å². The summed E-state index contributed by atoms with van der Waals surface area (Å²) in [5.74, 6) is -0.248. The van der Waals surface area contributed by atoms with Gasteiger partial charge in [0.25, 0.3) is 11.8 Å². The first-order valence-corrected chi connectivity index (χ1v) is 8.97. The van der Waals surface area contributed by atoms with E-state index in [1.54, 1.807) is 0 Å². The van der Waals surface area contributed by atoms with Gasteiger partial charge in [0, 0.05) is 19.6 Å². The maximum absolute atomic E-state index is 13.0. The quantitative estimate of drug-likeness (QED) is 0.797. The Morgan fingerprint density at radius 2 is 1.67 bits per heavy atom. The van der Waals surface area contributed by atoms with Crippen LogP contribution in [-0.2, 0) is 9.59 Å². The number of nitrogens with zero attached hydrogens (tertiary/aromatic N) is 2. The van der Waals surface area contributed by atoms with Crippen LogP contribution in [0.4, 0.5) is 0 Å². The molecule has 128 valence electrons. The average molecular weight is 326 g/mol. The number of amides is 2. The fourth-order valence-corrected chi connectivity index (χ4v) is 3.56. The number of carbonyl (C=O) groups excluding carboxylic acids is 2. The second kappa shape index (κ2) is 6.80. The van der Waals surface area contributed by atoms with Crippen LogP contribution in [0, 0.1) is 13.8 Å². The molecule has 4 heteroatoms. The van der Waals surface area contributed by atoms with Gasteiger partial charge in [-0.05, 0) is 56.2 Å². The van der Waals surface area contributed by atoms with Crippen LogP contribution in [0.2, 0.25) is 0 Å². The minimum Gasteiger partial charge on any atom is -0.366 e. The van der Waals surface area contributed by atoms with Gasteiger partial charge in [-0.3, -0.25) is 14.5 Å².